The third kappa shape index (κ3) is 6.24. The molecule has 2 aromatic heterocycles. The number of hydrogen-bond donors (Lipinski definition) is 3. The molecule has 1 saturated carbocycles. The molecule has 0 spiro atoms. The summed E-state index contributed by atoms with van der Waals surface area (Å²) < 4.78 is 50.7. The van der Waals surface area contributed by atoms with E-state index in [1.54, 1.807) is 0 Å². The fraction of sp³-hybridized carbons (Fsp3) is 0.435. The van der Waals surface area contributed by atoms with Gasteiger partial charge in [0.05, 0.1) is 5.39 Å². The number of nitrogens with zero attached hydrogens (tertiary/aromatic N) is 2. The topological polar surface area (TPSA) is 114 Å². The van der Waals surface area contributed by atoms with E-state index in [2.05, 4.69) is 15.3 Å². The summed E-state index contributed by atoms with van der Waals surface area (Å²) in [7, 11) is 0. The van der Waals surface area contributed by atoms with E-state index in [9.17, 15) is 13.2 Å². The average Bonchev–Trinajstić information content (AvgIpc) is 3.46. The predicted molar refractivity (Wildman–Crippen MR) is 124 cm³/mol. The molecule has 0 saturated heterocycles. The summed E-state index contributed by atoms with van der Waals surface area (Å²) in [6, 6.07) is 6.92. The first-order valence-corrected chi connectivity index (χ1v) is 12.0. The van der Waals surface area contributed by atoms with Crippen LogP contribution in [0.3, 0.4) is 0 Å². The van der Waals surface area contributed by atoms with Crippen molar-refractivity contribution >= 4 is 33.5 Å². The van der Waals surface area contributed by atoms with Gasteiger partial charge in [-0.2, -0.15) is 13.2 Å². The van der Waals surface area contributed by atoms with Gasteiger partial charge in [-0.3, -0.25) is 0 Å². The van der Waals surface area contributed by atoms with Gasteiger partial charge >= 0.3 is 12.3 Å². The van der Waals surface area contributed by atoms with Crippen LogP contribution in [0.4, 0.5) is 23.8 Å². The van der Waals surface area contributed by atoms with E-state index >= 15 is 0 Å². The monoisotopic (exact) mass is 511 g/mol. The maximum atomic E-state index is 13.3. The van der Waals surface area contributed by atoms with Gasteiger partial charge in [0.15, 0.2) is 11.5 Å². The van der Waals surface area contributed by atoms with Crippen LogP contribution in [0.1, 0.15) is 54.3 Å². The second kappa shape index (κ2) is 10.5. The highest BCUT2D eigenvalue weighted by Gasteiger charge is 2.34. The first kappa shape index (κ1) is 24.8. The first-order valence-electron chi connectivity index (χ1n) is 11.1. The lowest BCUT2D eigenvalue weighted by molar-refractivity contribution is -0.134. The predicted octanol–water partition coefficient (Wildman–Crippen LogP) is 6.36. The number of halogens is 3. The third-order valence-electron chi connectivity index (χ3n) is 5.80. The van der Waals surface area contributed by atoms with Crippen LogP contribution in [0.25, 0.3) is 10.2 Å². The van der Waals surface area contributed by atoms with Crippen LogP contribution < -0.4 is 14.8 Å². The van der Waals surface area contributed by atoms with Crippen molar-refractivity contribution in [1.82, 2.24) is 9.97 Å². The molecule has 0 atom stereocenters. The molecule has 1 aromatic carbocycles. The van der Waals surface area contributed by atoms with Gasteiger partial charge in [-0.25, -0.2) is 14.8 Å². The van der Waals surface area contributed by atoms with E-state index < -0.39 is 17.2 Å². The lowest BCUT2D eigenvalue weighted by Crippen LogP contribution is -2.12. The number of anilines is 1. The molecule has 5 rings (SSSR count). The molecule has 2 aliphatic rings. The Morgan fingerprint density at radius 1 is 1.09 bits per heavy atom. The quantitative estimate of drug-likeness (QED) is 0.362. The zero-order valence-corrected chi connectivity index (χ0v) is 19.4. The molecule has 3 N–H and O–H groups in total. The zero-order valence-electron chi connectivity index (χ0n) is 18.6. The molecule has 1 aliphatic carbocycles. The Balaban J connectivity index is 0.000000672. The fourth-order valence-electron chi connectivity index (χ4n) is 4.18. The fourth-order valence-corrected chi connectivity index (χ4v) is 5.08. The molecule has 12 heteroatoms. The number of alkyl halides is 3. The van der Waals surface area contributed by atoms with E-state index in [-0.39, 0.29) is 12.7 Å². The summed E-state index contributed by atoms with van der Waals surface area (Å²) in [5, 5.41) is 17.6. The number of aromatic nitrogens is 2. The van der Waals surface area contributed by atoms with Crippen molar-refractivity contribution in [2.24, 2.45) is 0 Å². The molecule has 0 amide bonds. The van der Waals surface area contributed by atoms with Crippen LogP contribution in [-0.4, -0.2) is 39.7 Å². The van der Waals surface area contributed by atoms with E-state index in [0.29, 0.717) is 51.9 Å². The van der Waals surface area contributed by atoms with Crippen molar-refractivity contribution in [2.75, 3.05) is 18.7 Å². The van der Waals surface area contributed by atoms with Gasteiger partial charge in [0, 0.05) is 12.5 Å². The lowest BCUT2D eigenvalue weighted by Gasteiger charge is -2.21. The second-order valence-electron chi connectivity index (χ2n) is 8.24. The molecule has 0 radical (unpaired) electrons. The number of fused-ring (bicyclic) bond motifs is 2. The van der Waals surface area contributed by atoms with E-state index in [1.807, 2.05) is 18.2 Å². The average molecular weight is 512 g/mol. The Bertz CT molecular complexity index is 1190. The minimum Gasteiger partial charge on any atom is -0.454 e. The van der Waals surface area contributed by atoms with Crippen molar-refractivity contribution < 1.29 is 37.7 Å². The lowest BCUT2D eigenvalue weighted by atomic mass is 9.88. The summed E-state index contributed by atoms with van der Waals surface area (Å²) in [5.74, 6) is 2.80. The minimum absolute atomic E-state index is 0.212. The summed E-state index contributed by atoms with van der Waals surface area (Å²) in [4.78, 5) is 17.5. The van der Waals surface area contributed by atoms with Gasteiger partial charge in [0.25, 0.3) is 0 Å². The number of ether oxygens (including phenoxy) is 2. The molecule has 3 heterocycles. The largest absolute Gasteiger partial charge is 0.503 e. The minimum atomic E-state index is -4.39. The van der Waals surface area contributed by atoms with Crippen molar-refractivity contribution in [1.29, 1.82) is 0 Å². The van der Waals surface area contributed by atoms with Crippen LogP contribution in [0.2, 0.25) is 0 Å². The SMILES string of the molecule is FC(F)(F)c1cc2c(NCCc3ccc4c(c3)OCO4)nc(C3CCCCC3)nc2s1.O=C(O)O. The zero-order chi connectivity index (χ0) is 25.0. The van der Waals surface area contributed by atoms with Gasteiger partial charge in [-0.05, 0) is 43.0 Å². The normalized spacial score (nSPS) is 15.5. The molecule has 35 heavy (non-hydrogen) atoms. The number of rotatable bonds is 5. The number of nitrogens with one attached hydrogen (secondary N) is 1. The van der Waals surface area contributed by atoms with Crippen LogP contribution in [-0.2, 0) is 12.6 Å². The van der Waals surface area contributed by atoms with E-state index in [4.69, 9.17) is 24.5 Å². The van der Waals surface area contributed by atoms with Crippen molar-refractivity contribution in [3.05, 3.63) is 40.5 Å². The Kier molecular flexibility index (Phi) is 7.48. The van der Waals surface area contributed by atoms with Crippen molar-refractivity contribution in [3.8, 4) is 11.5 Å². The van der Waals surface area contributed by atoms with Crippen LogP contribution in [0.15, 0.2) is 24.3 Å². The smallest absolute Gasteiger partial charge is 0.454 e. The van der Waals surface area contributed by atoms with Crippen molar-refractivity contribution in [2.45, 2.75) is 50.6 Å². The molecule has 188 valence electrons. The van der Waals surface area contributed by atoms with E-state index in [1.165, 1.54) is 6.42 Å². The summed E-state index contributed by atoms with van der Waals surface area (Å²) in [6.07, 6.45) is -0.165. The number of benzene rings is 1. The summed E-state index contributed by atoms with van der Waals surface area (Å²) >= 11 is 0.693. The summed E-state index contributed by atoms with van der Waals surface area (Å²) in [6.45, 7) is 0.757. The molecule has 0 unspecified atom stereocenters. The Labute approximate surface area is 202 Å². The Hall–Kier alpha value is -3.28. The maximum Gasteiger partial charge on any atom is 0.503 e. The standard InChI is InChI=1S/C22H22F3N3O2S.CH2O3/c23-22(24,25)18-11-15-20(26-9-8-13-6-7-16-17(10-13)30-12-29-16)27-19(28-21(15)31-18)14-4-2-1-3-5-14;2-1(3)4/h6-7,10-11,14H,1-5,8-9,12H2,(H,26,27,28);(H2,2,3,4). The highest BCUT2D eigenvalue weighted by atomic mass is 32.1. The van der Waals surface area contributed by atoms with Gasteiger partial charge in [-0.15, -0.1) is 11.3 Å². The second-order valence-corrected chi connectivity index (χ2v) is 9.27. The number of hydrogen-bond acceptors (Lipinski definition) is 7. The molecular weight excluding hydrogens is 487 g/mol. The molecular formula is C23H24F3N3O5S. The molecule has 8 nitrogen and oxygen atoms in total. The third-order valence-corrected chi connectivity index (χ3v) is 6.88. The van der Waals surface area contributed by atoms with Gasteiger partial charge in [0.1, 0.15) is 21.3 Å². The van der Waals surface area contributed by atoms with Gasteiger partial charge in [-0.1, -0.05) is 25.3 Å². The highest BCUT2D eigenvalue weighted by Crippen LogP contribution is 2.41. The van der Waals surface area contributed by atoms with Crippen LogP contribution in [0, 0.1) is 0 Å². The molecule has 1 aliphatic heterocycles. The molecule has 3 aromatic rings. The van der Waals surface area contributed by atoms with Crippen molar-refractivity contribution in [3.63, 3.8) is 0 Å². The highest BCUT2D eigenvalue weighted by molar-refractivity contribution is 7.18. The van der Waals surface area contributed by atoms with E-state index in [0.717, 1.165) is 43.1 Å². The molecule has 0 bridgehead atoms. The number of thiophene rings is 1. The molecule has 1 fully saturated rings. The van der Waals surface area contributed by atoms with Gasteiger partial charge in [0.2, 0.25) is 6.79 Å². The first-order chi connectivity index (χ1) is 16.7. The van der Waals surface area contributed by atoms with Crippen LogP contribution in [0.5, 0.6) is 11.5 Å². The maximum absolute atomic E-state index is 13.3. The Morgan fingerprint density at radius 2 is 1.80 bits per heavy atom. The van der Waals surface area contributed by atoms with Gasteiger partial charge < -0.3 is 25.0 Å². The summed E-state index contributed by atoms with van der Waals surface area (Å²) in [5.41, 5.74) is 1.05. The van der Waals surface area contributed by atoms with Crippen LogP contribution >= 0.6 is 11.3 Å². The number of carboxylic acid groups (broad SMARTS) is 2. The number of carbonyl (C=O) groups is 1. The Morgan fingerprint density at radius 3 is 2.51 bits per heavy atom.